The van der Waals surface area contributed by atoms with Crippen LogP contribution in [-0.4, -0.2) is 27.2 Å². The monoisotopic (exact) mass is 712 g/mol. The summed E-state index contributed by atoms with van der Waals surface area (Å²) in [6.45, 7) is 6.86. The number of Topliss-reactive ketones (excluding diaryl/α,β-unsaturated/α-hetero) is 1. The van der Waals surface area contributed by atoms with Crippen LogP contribution >= 0.6 is 50.9 Å². The molecule has 7 nitrogen and oxygen atoms in total. The Labute approximate surface area is 279 Å². The Hall–Kier alpha value is -2.98. The van der Waals surface area contributed by atoms with Gasteiger partial charge in [-0.2, -0.15) is 4.98 Å². The molecular weight excluding hydrogens is 683 g/mol. The van der Waals surface area contributed by atoms with Crippen LogP contribution in [0.3, 0.4) is 0 Å². The highest BCUT2D eigenvalue weighted by Gasteiger charge is 2.42. The summed E-state index contributed by atoms with van der Waals surface area (Å²) in [6.07, 6.45) is 1.17. The molecular formula is C33H31BrCl2N4O3S. The van der Waals surface area contributed by atoms with Crippen LogP contribution in [-0.2, 0) is 17.2 Å². The zero-order valence-electron chi connectivity index (χ0n) is 24.5. The fraction of sp³-hybridized carbons (Fsp3) is 0.303. The van der Waals surface area contributed by atoms with E-state index in [0.717, 1.165) is 28.8 Å². The number of carbonyl (C=O) groups is 1. The molecule has 1 aromatic heterocycles. The van der Waals surface area contributed by atoms with E-state index in [9.17, 15) is 4.79 Å². The van der Waals surface area contributed by atoms with Gasteiger partial charge in [0.2, 0.25) is 11.1 Å². The smallest absolute Gasteiger partial charge is 0.227 e. The molecule has 228 valence electrons. The van der Waals surface area contributed by atoms with Gasteiger partial charge in [0, 0.05) is 39.1 Å². The van der Waals surface area contributed by atoms with Crippen molar-refractivity contribution in [2.45, 2.75) is 57.2 Å². The van der Waals surface area contributed by atoms with Crippen molar-refractivity contribution in [1.82, 2.24) is 14.8 Å². The molecule has 3 aromatic carbocycles. The van der Waals surface area contributed by atoms with Gasteiger partial charge in [-0.3, -0.25) is 4.79 Å². The minimum atomic E-state index is -0.500. The molecule has 0 radical (unpaired) electrons. The number of thioether (sulfide) groups is 1. The second kappa shape index (κ2) is 12.8. The van der Waals surface area contributed by atoms with Crippen LogP contribution in [0, 0.1) is 5.41 Å². The number of nitrogens with one attached hydrogen (secondary N) is 1. The Kier molecular flexibility index (Phi) is 9.02. The maximum absolute atomic E-state index is 13.8. The Morgan fingerprint density at radius 3 is 2.45 bits per heavy atom. The first-order valence-electron chi connectivity index (χ1n) is 14.3. The van der Waals surface area contributed by atoms with E-state index in [0.29, 0.717) is 61.5 Å². The third kappa shape index (κ3) is 6.38. The third-order valence-corrected chi connectivity index (χ3v) is 9.82. The Morgan fingerprint density at radius 1 is 1.05 bits per heavy atom. The quantitative estimate of drug-likeness (QED) is 0.173. The van der Waals surface area contributed by atoms with Crippen LogP contribution < -0.4 is 14.8 Å². The summed E-state index contributed by atoms with van der Waals surface area (Å²) in [6, 6.07) is 18.7. The van der Waals surface area contributed by atoms with Crippen LogP contribution in [0.15, 0.2) is 81.6 Å². The van der Waals surface area contributed by atoms with Crippen molar-refractivity contribution in [3.05, 3.63) is 103 Å². The van der Waals surface area contributed by atoms with Crippen molar-refractivity contribution in [3.8, 4) is 11.5 Å². The first-order valence-corrected chi connectivity index (χ1v) is 16.9. The van der Waals surface area contributed by atoms with E-state index in [4.69, 9.17) is 42.8 Å². The number of benzene rings is 3. The van der Waals surface area contributed by atoms with Crippen molar-refractivity contribution < 1.29 is 14.3 Å². The van der Waals surface area contributed by atoms with Crippen molar-refractivity contribution >= 4 is 62.6 Å². The van der Waals surface area contributed by atoms with Gasteiger partial charge in [-0.1, -0.05) is 85.2 Å². The number of anilines is 1. The van der Waals surface area contributed by atoms with Crippen molar-refractivity contribution in [2.75, 3.05) is 11.9 Å². The van der Waals surface area contributed by atoms with Crippen molar-refractivity contribution in [1.29, 1.82) is 0 Å². The fourth-order valence-corrected chi connectivity index (χ4v) is 7.51. The number of hydrogen-bond acceptors (Lipinski definition) is 7. The third-order valence-electron chi connectivity index (χ3n) is 7.60. The molecule has 2 heterocycles. The highest BCUT2D eigenvalue weighted by atomic mass is 79.9. The topological polar surface area (TPSA) is 78.3 Å². The minimum absolute atomic E-state index is 0.0910. The fourth-order valence-electron chi connectivity index (χ4n) is 5.63. The van der Waals surface area contributed by atoms with Gasteiger partial charge in [0.1, 0.15) is 12.6 Å². The van der Waals surface area contributed by atoms with Crippen molar-refractivity contribution in [3.63, 3.8) is 0 Å². The van der Waals surface area contributed by atoms with Crippen LogP contribution in [0.4, 0.5) is 5.95 Å². The molecule has 0 fully saturated rings. The van der Waals surface area contributed by atoms with E-state index in [1.54, 1.807) is 0 Å². The number of carbonyl (C=O) groups excluding carboxylic acids is 1. The zero-order valence-corrected chi connectivity index (χ0v) is 28.4. The van der Waals surface area contributed by atoms with Gasteiger partial charge in [-0.25, -0.2) is 4.68 Å². The van der Waals surface area contributed by atoms with Crippen LogP contribution in [0.1, 0.15) is 56.3 Å². The number of fused-ring (bicyclic) bond motifs is 1. The lowest BCUT2D eigenvalue weighted by Gasteiger charge is -2.38. The molecule has 2 aliphatic rings. The normalized spacial score (nSPS) is 17.1. The number of ether oxygens (including phenoxy) is 2. The number of nitrogens with zero attached hydrogens (tertiary/aromatic N) is 3. The summed E-state index contributed by atoms with van der Waals surface area (Å²) in [7, 11) is 0. The molecule has 0 bridgehead atoms. The minimum Gasteiger partial charge on any atom is -0.490 e. The van der Waals surface area contributed by atoms with E-state index >= 15 is 0 Å². The van der Waals surface area contributed by atoms with Crippen molar-refractivity contribution in [2.24, 2.45) is 5.41 Å². The second-order valence-electron chi connectivity index (χ2n) is 11.5. The van der Waals surface area contributed by atoms with Gasteiger partial charge in [0.15, 0.2) is 17.3 Å². The van der Waals surface area contributed by atoms with E-state index in [1.165, 1.54) is 11.8 Å². The Morgan fingerprint density at radius 2 is 1.75 bits per heavy atom. The van der Waals surface area contributed by atoms with E-state index in [2.05, 4.69) is 35.1 Å². The van der Waals surface area contributed by atoms with Gasteiger partial charge in [-0.15, -0.1) is 5.10 Å². The molecule has 0 saturated heterocycles. The van der Waals surface area contributed by atoms with Gasteiger partial charge in [-0.05, 0) is 70.1 Å². The molecule has 1 N–H and O–H groups in total. The molecule has 1 unspecified atom stereocenters. The molecule has 44 heavy (non-hydrogen) atoms. The first kappa shape index (κ1) is 31.0. The molecule has 6 rings (SSSR count). The summed E-state index contributed by atoms with van der Waals surface area (Å²) < 4.78 is 14.8. The maximum Gasteiger partial charge on any atom is 0.227 e. The van der Waals surface area contributed by atoms with E-state index < -0.39 is 6.04 Å². The molecule has 11 heteroatoms. The number of aromatic nitrogens is 3. The lowest BCUT2D eigenvalue weighted by molar-refractivity contribution is -0.118. The predicted octanol–water partition coefficient (Wildman–Crippen LogP) is 9.28. The van der Waals surface area contributed by atoms with Crippen LogP contribution in [0.25, 0.3) is 0 Å². The first-order chi connectivity index (χ1) is 21.1. The van der Waals surface area contributed by atoms with E-state index in [1.807, 2.05) is 72.3 Å². The van der Waals surface area contributed by atoms with Crippen LogP contribution in [0.2, 0.25) is 10.0 Å². The standard InChI is InChI=1S/C33H31BrCl2N4O3S/c1-4-42-27-14-21(13-22(34)30(27)43-17-19-9-5-7-11-23(19)35)29-28-25(15-33(2,3)16-26(28)41)37-31-38-32(39-40(29)31)44-18-20-10-6-8-12-24(20)36/h5-14,29H,4,15-18H2,1-3H3,(H,37,38,39). The summed E-state index contributed by atoms with van der Waals surface area (Å²) in [5.41, 5.74) is 4.11. The largest absolute Gasteiger partial charge is 0.490 e. The number of hydrogen-bond donors (Lipinski definition) is 1. The SMILES string of the molecule is CCOc1cc(C2C3=C(CC(C)(C)CC3=O)Nc3nc(SCc4ccccc4Cl)nn32)cc(Br)c1OCc1ccccc1Cl. The Balaban J connectivity index is 1.39. The lowest BCUT2D eigenvalue weighted by Crippen LogP contribution is -2.36. The zero-order chi connectivity index (χ0) is 31.0. The van der Waals surface area contributed by atoms with Crippen LogP contribution in [0.5, 0.6) is 11.5 Å². The average molecular weight is 715 g/mol. The highest BCUT2D eigenvalue weighted by molar-refractivity contribution is 9.10. The van der Waals surface area contributed by atoms with Gasteiger partial charge in [0.25, 0.3) is 0 Å². The lowest BCUT2D eigenvalue weighted by atomic mass is 9.73. The molecule has 0 amide bonds. The molecule has 0 saturated carbocycles. The Bertz CT molecular complexity index is 1770. The molecule has 1 aliphatic heterocycles. The molecule has 1 atom stereocenters. The maximum atomic E-state index is 13.8. The predicted molar refractivity (Wildman–Crippen MR) is 179 cm³/mol. The number of halogens is 3. The highest BCUT2D eigenvalue weighted by Crippen LogP contribution is 2.48. The van der Waals surface area contributed by atoms with E-state index in [-0.39, 0.29) is 17.8 Å². The second-order valence-corrected chi connectivity index (χ2v) is 14.2. The number of rotatable bonds is 9. The summed E-state index contributed by atoms with van der Waals surface area (Å²) >= 11 is 18.0. The summed E-state index contributed by atoms with van der Waals surface area (Å²) in [4.78, 5) is 18.6. The average Bonchev–Trinajstić information content (AvgIpc) is 3.38. The summed E-state index contributed by atoms with van der Waals surface area (Å²) in [5, 5.41) is 10.3. The molecule has 1 aliphatic carbocycles. The van der Waals surface area contributed by atoms with Gasteiger partial charge < -0.3 is 14.8 Å². The molecule has 0 spiro atoms. The van der Waals surface area contributed by atoms with Gasteiger partial charge >= 0.3 is 0 Å². The molecule has 4 aromatic rings. The summed E-state index contributed by atoms with van der Waals surface area (Å²) in [5.74, 6) is 2.42. The number of allylic oxidation sites excluding steroid dienone is 2. The number of ketones is 1. The van der Waals surface area contributed by atoms with Gasteiger partial charge in [0.05, 0.1) is 11.1 Å².